The first-order valence-electron chi connectivity index (χ1n) is 7.17. The Bertz CT molecular complexity index is 448. The molecule has 1 unspecified atom stereocenters. The summed E-state index contributed by atoms with van der Waals surface area (Å²) in [6.07, 6.45) is 5.14. The molecule has 1 atom stereocenters. The number of aromatic nitrogens is 2. The average Bonchev–Trinajstić information content (AvgIpc) is 3.23. The van der Waals surface area contributed by atoms with Crippen LogP contribution in [-0.4, -0.2) is 35.8 Å². The van der Waals surface area contributed by atoms with Crippen molar-refractivity contribution in [1.29, 1.82) is 0 Å². The molecule has 1 saturated carbocycles. The van der Waals surface area contributed by atoms with Crippen LogP contribution in [0.2, 0.25) is 0 Å². The smallest absolute Gasteiger partial charge is 0.135 e. The van der Waals surface area contributed by atoms with Crippen LogP contribution in [0.1, 0.15) is 44.3 Å². The molecule has 2 aliphatic rings. The van der Waals surface area contributed by atoms with Crippen molar-refractivity contribution < 1.29 is 4.74 Å². The highest BCUT2D eigenvalue weighted by molar-refractivity contribution is 9.10. The van der Waals surface area contributed by atoms with Crippen LogP contribution in [0.4, 0.5) is 5.82 Å². The number of ether oxygens (including phenoxy) is 1. The van der Waals surface area contributed by atoms with Gasteiger partial charge in [0, 0.05) is 31.7 Å². The quantitative estimate of drug-likeness (QED) is 0.797. The van der Waals surface area contributed by atoms with Crippen LogP contribution in [0.25, 0.3) is 0 Å². The fraction of sp³-hybridized carbons (Fsp3) is 0.714. The lowest BCUT2D eigenvalue weighted by molar-refractivity contribution is 0.0525. The van der Waals surface area contributed by atoms with E-state index in [0.717, 1.165) is 42.4 Å². The maximum Gasteiger partial charge on any atom is 0.135 e. The molecule has 2 heterocycles. The minimum absolute atomic E-state index is 0.344. The number of hydrogen-bond acceptors (Lipinski definition) is 4. The summed E-state index contributed by atoms with van der Waals surface area (Å²) in [6.45, 7) is 4.86. The van der Waals surface area contributed by atoms with Gasteiger partial charge in [-0.2, -0.15) is 0 Å². The average molecular weight is 326 g/mol. The molecule has 0 aromatic carbocycles. The minimum Gasteiger partial charge on any atom is -0.377 e. The van der Waals surface area contributed by atoms with Crippen molar-refractivity contribution in [3.63, 3.8) is 0 Å². The van der Waals surface area contributed by atoms with Crippen LogP contribution in [0.3, 0.4) is 0 Å². The van der Waals surface area contributed by atoms with E-state index in [1.54, 1.807) is 0 Å². The van der Waals surface area contributed by atoms with Crippen molar-refractivity contribution in [3.8, 4) is 0 Å². The van der Waals surface area contributed by atoms with Crippen LogP contribution >= 0.6 is 15.9 Å². The van der Waals surface area contributed by atoms with Gasteiger partial charge < -0.3 is 9.64 Å². The standard InChI is InChI=1S/C14H20BrN3O/c1-2-19-11-4-3-7-18(9-11)13-8-12(15)16-14(17-13)10-5-6-10/h8,10-11H,2-7,9H2,1H3. The number of hydrogen-bond donors (Lipinski definition) is 0. The molecule has 0 amide bonds. The van der Waals surface area contributed by atoms with Gasteiger partial charge in [0.2, 0.25) is 0 Å². The molecule has 0 N–H and O–H groups in total. The first-order valence-corrected chi connectivity index (χ1v) is 7.96. The predicted octanol–water partition coefficient (Wildman–Crippen LogP) is 3.12. The summed E-state index contributed by atoms with van der Waals surface area (Å²) in [7, 11) is 0. The van der Waals surface area contributed by atoms with Crippen LogP contribution in [-0.2, 0) is 4.74 Å². The lowest BCUT2D eigenvalue weighted by atomic mass is 10.1. The molecule has 3 rings (SSSR count). The van der Waals surface area contributed by atoms with Crippen molar-refractivity contribution >= 4 is 21.7 Å². The Morgan fingerprint density at radius 1 is 1.37 bits per heavy atom. The second-order valence-electron chi connectivity index (χ2n) is 5.35. The molecule has 0 bridgehead atoms. The largest absolute Gasteiger partial charge is 0.377 e. The summed E-state index contributed by atoms with van der Waals surface area (Å²) in [6, 6.07) is 2.03. The third-order valence-electron chi connectivity index (χ3n) is 3.75. The van der Waals surface area contributed by atoms with Gasteiger partial charge >= 0.3 is 0 Å². The first-order chi connectivity index (χ1) is 9.26. The molecule has 5 heteroatoms. The lowest BCUT2D eigenvalue weighted by Crippen LogP contribution is -2.40. The van der Waals surface area contributed by atoms with E-state index in [1.807, 2.05) is 6.07 Å². The second kappa shape index (κ2) is 5.75. The maximum atomic E-state index is 5.76. The van der Waals surface area contributed by atoms with E-state index in [4.69, 9.17) is 9.72 Å². The SMILES string of the molecule is CCOC1CCCN(c2cc(Br)nc(C3CC3)n2)C1. The van der Waals surface area contributed by atoms with Gasteiger partial charge in [0.25, 0.3) is 0 Å². The summed E-state index contributed by atoms with van der Waals surface area (Å²) in [5.41, 5.74) is 0. The van der Waals surface area contributed by atoms with Crippen LogP contribution in [0.5, 0.6) is 0 Å². The van der Waals surface area contributed by atoms with Gasteiger partial charge in [-0.3, -0.25) is 0 Å². The first kappa shape index (κ1) is 13.3. The molecule has 1 aliphatic heterocycles. The molecule has 0 radical (unpaired) electrons. The van der Waals surface area contributed by atoms with E-state index < -0.39 is 0 Å². The lowest BCUT2D eigenvalue weighted by Gasteiger charge is -2.33. The zero-order valence-corrected chi connectivity index (χ0v) is 12.9. The van der Waals surface area contributed by atoms with Crippen molar-refractivity contribution in [3.05, 3.63) is 16.5 Å². The summed E-state index contributed by atoms with van der Waals surface area (Å²) in [5.74, 6) is 2.64. The van der Waals surface area contributed by atoms with Crippen LogP contribution < -0.4 is 4.90 Å². The molecule has 1 saturated heterocycles. The Labute approximate surface area is 122 Å². The van der Waals surface area contributed by atoms with E-state index >= 15 is 0 Å². The summed E-state index contributed by atoms with van der Waals surface area (Å²) in [5, 5.41) is 0. The molecule has 1 aliphatic carbocycles. The number of nitrogens with zero attached hydrogens (tertiary/aromatic N) is 3. The van der Waals surface area contributed by atoms with Gasteiger partial charge in [-0.25, -0.2) is 9.97 Å². The fourth-order valence-electron chi connectivity index (χ4n) is 2.63. The van der Waals surface area contributed by atoms with Crippen molar-refractivity contribution in [1.82, 2.24) is 9.97 Å². The van der Waals surface area contributed by atoms with Gasteiger partial charge in [0.1, 0.15) is 16.2 Å². The van der Waals surface area contributed by atoms with E-state index in [2.05, 4.69) is 32.7 Å². The molecule has 4 nitrogen and oxygen atoms in total. The van der Waals surface area contributed by atoms with E-state index in [0.29, 0.717) is 12.0 Å². The molecular formula is C14H20BrN3O. The number of halogens is 1. The van der Waals surface area contributed by atoms with Crippen molar-refractivity contribution in [2.75, 3.05) is 24.6 Å². The number of piperidine rings is 1. The van der Waals surface area contributed by atoms with E-state index in [1.165, 1.54) is 19.3 Å². The number of anilines is 1. The molecule has 1 aromatic rings. The molecule has 19 heavy (non-hydrogen) atoms. The van der Waals surface area contributed by atoms with E-state index in [-0.39, 0.29) is 0 Å². The van der Waals surface area contributed by atoms with E-state index in [9.17, 15) is 0 Å². The fourth-order valence-corrected chi connectivity index (χ4v) is 3.01. The maximum absolute atomic E-state index is 5.76. The third-order valence-corrected chi connectivity index (χ3v) is 4.15. The van der Waals surface area contributed by atoms with Gasteiger partial charge in [-0.1, -0.05) is 0 Å². The van der Waals surface area contributed by atoms with Gasteiger partial charge in [-0.15, -0.1) is 0 Å². The number of rotatable bonds is 4. The molecule has 104 valence electrons. The van der Waals surface area contributed by atoms with Gasteiger partial charge in [0.15, 0.2) is 0 Å². The van der Waals surface area contributed by atoms with Gasteiger partial charge in [-0.05, 0) is 48.5 Å². The van der Waals surface area contributed by atoms with Crippen LogP contribution in [0, 0.1) is 0 Å². The Kier molecular flexibility index (Phi) is 4.03. The topological polar surface area (TPSA) is 38.2 Å². The molecule has 0 spiro atoms. The molecule has 2 fully saturated rings. The Hall–Kier alpha value is -0.680. The molecular weight excluding hydrogens is 306 g/mol. The van der Waals surface area contributed by atoms with Crippen molar-refractivity contribution in [2.24, 2.45) is 0 Å². The zero-order chi connectivity index (χ0) is 13.2. The Balaban J connectivity index is 1.76. The highest BCUT2D eigenvalue weighted by Gasteiger charge is 2.28. The Morgan fingerprint density at radius 3 is 2.95 bits per heavy atom. The van der Waals surface area contributed by atoms with Crippen LogP contribution in [0.15, 0.2) is 10.7 Å². The molecule has 1 aromatic heterocycles. The normalized spacial score (nSPS) is 23.7. The van der Waals surface area contributed by atoms with Gasteiger partial charge in [0.05, 0.1) is 6.10 Å². The zero-order valence-electron chi connectivity index (χ0n) is 11.3. The third kappa shape index (κ3) is 3.26. The predicted molar refractivity (Wildman–Crippen MR) is 78.6 cm³/mol. The highest BCUT2D eigenvalue weighted by Crippen LogP contribution is 2.39. The monoisotopic (exact) mass is 325 g/mol. The minimum atomic E-state index is 0.344. The summed E-state index contributed by atoms with van der Waals surface area (Å²) < 4.78 is 6.66. The summed E-state index contributed by atoms with van der Waals surface area (Å²) in [4.78, 5) is 11.6. The highest BCUT2D eigenvalue weighted by atomic mass is 79.9. The summed E-state index contributed by atoms with van der Waals surface area (Å²) >= 11 is 3.51. The van der Waals surface area contributed by atoms with Crippen molar-refractivity contribution in [2.45, 2.75) is 44.6 Å². The second-order valence-corrected chi connectivity index (χ2v) is 6.16. The Morgan fingerprint density at radius 2 is 2.21 bits per heavy atom.